The van der Waals surface area contributed by atoms with E-state index in [2.05, 4.69) is 25.6 Å². The second-order valence-electron chi connectivity index (χ2n) is 5.33. The molecule has 0 radical (unpaired) electrons. The van der Waals surface area contributed by atoms with Crippen molar-refractivity contribution in [2.45, 2.75) is 19.5 Å². The molecule has 7 nitrogen and oxygen atoms in total. The minimum Gasteiger partial charge on any atom is -0.334 e. The summed E-state index contributed by atoms with van der Waals surface area (Å²) in [6.45, 7) is 2.32. The lowest BCUT2D eigenvalue weighted by atomic mass is 10.1. The molecule has 0 bridgehead atoms. The summed E-state index contributed by atoms with van der Waals surface area (Å²) in [5.74, 6) is 0.783. The van der Waals surface area contributed by atoms with Gasteiger partial charge in [-0.3, -0.25) is 9.55 Å². The Balaban J connectivity index is 1.51. The van der Waals surface area contributed by atoms with Crippen LogP contribution in [0.2, 0.25) is 0 Å². The summed E-state index contributed by atoms with van der Waals surface area (Å²) in [6, 6.07) is 7.24. The number of amides is 2. The number of carbonyl (C=O) groups excluding carboxylic acids is 1. The van der Waals surface area contributed by atoms with Gasteiger partial charge in [0.25, 0.3) is 0 Å². The summed E-state index contributed by atoms with van der Waals surface area (Å²) in [6.07, 6.45) is 10.4. The third kappa shape index (κ3) is 3.95. The topological polar surface area (TPSA) is 84.7 Å². The van der Waals surface area contributed by atoms with Crippen molar-refractivity contribution in [2.24, 2.45) is 0 Å². The average molecular weight is 322 g/mol. The van der Waals surface area contributed by atoms with E-state index in [-0.39, 0.29) is 12.1 Å². The van der Waals surface area contributed by atoms with Crippen LogP contribution in [0, 0.1) is 0 Å². The molecule has 7 heteroatoms. The first-order chi connectivity index (χ1) is 11.7. The molecule has 0 fully saturated rings. The van der Waals surface area contributed by atoms with Gasteiger partial charge in [-0.2, -0.15) is 0 Å². The third-order valence-corrected chi connectivity index (χ3v) is 3.56. The van der Waals surface area contributed by atoms with Crippen molar-refractivity contribution in [3.63, 3.8) is 0 Å². The van der Waals surface area contributed by atoms with E-state index in [0.29, 0.717) is 6.54 Å². The van der Waals surface area contributed by atoms with Gasteiger partial charge < -0.3 is 10.6 Å². The van der Waals surface area contributed by atoms with E-state index in [1.807, 2.05) is 42.0 Å². The van der Waals surface area contributed by atoms with E-state index in [4.69, 9.17) is 0 Å². The Morgan fingerprint density at radius 3 is 2.79 bits per heavy atom. The van der Waals surface area contributed by atoms with E-state index in [0.717, 1.165) is 16.9 Å². The molecule has 3 rings (SSSR count). The lowest BCUT2D eigenvalue weighted by Gasteiger charge is -2.14. The van der Waals surface area contributed by atoms with Crippen molar-refractivity contribution in [3.8, 4) is 5.82 Å². The highest BCUT2D eigenvalue weighted by Crippen LogP contribution is 2.09. The van der Waals surface area contributed by atoms with Gasteiger partial charge >= 0.3 is 6.03 Å². The van der Waals surface area contributed by atoms with Gasteiger partial charge in [0.1, 0.15) is 12.1 Å². The number of nitrogens with zero attached hydrogens (tertiary/aromatic N) is 4. The van der Waals surface area contributed by atoms with Gasteiger partial charge in [0.15, 0.2) is 0 Å². The molecule has 0 saturated heterocycles. The minimum atomic E-state index is -0.231. The van der Waals surface area contributed by atoms with E-state index in [1.54, 1.807) is 31.1 Å². The monoisotopic (exact) mass is 322 g/mol. The van der Waals surface area contributed by atoms with Crippen molar-refractivity contribution in [1.29, 1.82) is 0 Å². The van der Waals surface area contributed by atoms with Crippen LogP contribution in [-0.2, 0) is 6.54 Å². The number of carbonyl (C=O) groups is 1. The van der Waals surface area contributed by atoms with Crippen LogP contribution in [0.5, 0.6) is 0 Å². The predicted octanol–water partition coefficient (Wildman–Crippen LogP) is 2.22. The van der Waals surface area contributed by atoms with Crippen LogP contribution in [0.4, 0.5) is 4.79 Å². The van der Waals surface area contributed by atoms with E-state index < -0.39 is 0 Å². The largest absolute Gasteiger partial charge is 0.334 e. The minimum absolute atomic E-state index is 0.111. The third-order valence-electron chi connectivity index (χ3n) is 3.56. The fraction of sp³-hybridized carbons (Fsp3) is 0.176. The maximum atomic E-state index is 12.0. The molecule has 0 saturated carbocycles. The highest BCUT2D eigenvalue weighted by atomic mass is 16.2. The Morgan fingerprint density at radius 2 is 2.12 bits per heavy atom. The Kier molecular flexibility index (Phi) is 4.81. The molecule has 2 N–H and O–H groups in total. The van der Waals surface area contributed by atoms with E-state index >= 15 is 0 Å². The molecule has 3 aromatic rings. The zero-order valence-electron chi connectivity index (χ0n) is 13.3. The van der Waals surface area contributed by atoms with Gasteiger partial charge in [0.05, 0.1) is 6.04 Å². The van der Waals surface area contributed by atoms with Crippen LogP contribution >= 0.6 is 0 Å². The van der Waals surface area contributed by atoms with Gasteiger partial charge in [-0.05, 0) is 30.2 Å². The number of aromatic nitrogens is 4. The molecule has 1 unspecified atom stereocenters. The van der Waals surface area contributed by atoms with Crippen LogP contribution in [0.3, 0.4) is 0 Å². The summed E-state index contributed by atoms with van der Waals surface area (Å²) in [5, 5.41) is 5.70. The number of imidazole rings is 1. The number of rotatable bonds is 5. The standard InChI is InChI=1S/C17H18N6O/c1-13(15-3-2-6-18-11-15)22-17(24)21-10-14-4-5-16(20-9-14)23-8-7-19-12-23/h2-9,11-13H,10H2,1H3,(H2,21,22,24). The van der Waals surface area contributed by atoms with E-state index in [9.17, 15) is 4.79 Å². The summed E-state index contributed by atoms with van der Waals surface area (Å²) < 4.78 is 1.82. The fourth-order valence-corrected chi connectivity index (χ4v) is 2.21. The van der Waals surface area contributed by atoms with E-state index in [1.165, 1.54) is 0 Å². The number of hydrogen-bond acceptors (Lipinski definition) is 4. The molecule has 3 heterocycles. The average Bonchev–Trinajstić information content (AvgIpc) is 3.16. The molecular formula is C17H18N6O. The van der Waals surface area contributed by atoms with Crippen LogP contribution < -0.4 is 10.6 Å². The summed E-state index contributed by atoms with van der Waals surface area (Å²) in [5.41, 5.74) is 1.88. The van der Waals surface area contributed by atoms with Gasteiger partial charge in [-0.1, -0.05) is 12.1 Å². The van der Waals surface area contributed by atoms with Crippen molar-refractivity contribution >= 4 is 6.03 Å². The van der Waals surface area contributed by atoms with Gasteiger partial charge in [-0.15, -0.1) is 0 Å². The molecule has 24 heavy (non-hydrogen) atoms. The smallest absolute Gasteiger partial charge is 0.315 e. The zero-order valence-corrected chi connectivity index (χ0v) is 13.3. The zero-order chi connectivity index (χ0) is 16.8. The molecule has 2 amide bonds. The second kappa shape index (κ2) is 7.36. The number of urea groups is 1. The fourth-order valence-electron chi connectivity index (χ4n) is 2.21. The molecule has 0 aliphatic rings. The molecule has 122 valence electrons. The summed E-state index contributed by atoms with van der Waals surface area (Å²) >= 11 is 0. The normalized spacial score (nSPS) is 11.7. The summed E-state index contributed by atoms with van der Waals surface area (Å²) in [4.78, 5) is 24.4. The molecule has 0 aromatic carbocycles. The number of hydrogen-bond donors (Lipinski definition) is 2. The first kappa shape index (κ1) is 15.7. The molecule has 0 aliphatic carbocycles. The van der Waals surface area contributed by atoms with Gasteiger partial charge in [0.2, 0.25) is 0 Å². The van der Waals surface area contributed by atoms with Crippen molar-refractivity contribution in [1.82, 2.24) is 30.2 Å². The lowest BCUT2D eigenvalue weighted by Crippen LogP contribution is -2.36. The van der Waals surface area contributed by atoms with Gasteiger partial charge in [-0.25, -0.2) is 14.8 Å². The Bertz CT molecular complexity index is 771. The van der Waals surface area contributed by atoms with Crippen LogP contribution in [0.1, 0.15) is 24.1 Å². The van der Waals surface area contributed by atoms with Crippen LogP contribution in [-0.4, -0.2) is 25.6 Å². The maximum absolute atomic E-state index is 12.0. The molecule has 0 spiro atoms. The Hall–Kier alpha value is -3.22. The summed E-state index contributed by atoms with van der Waals surface area (Å²) in [7, 11) is 0. The van der Waals surface area contributed by atoms with Crippen LogP contribution in [0.25, 0.3) is 5.82 Å². The second-order valence-corrected chi connectivity index (χ2v) is 5.33. The SMILES string of the molecule is CC(NC(=O)NCc1ccc(-n2ccnc2)nc1)c1cccnc1. The Morgan fingerprint density at radius 1 is 1.21 bits per heavy atom. The highest BCUT2D eigenvalue weighted by molar-refractivity contribution is 5.74. The first-order valence-corrected chi connectivity index (χ1v) is 7.60. The highest BCUT2D eigenvalue weighted by Gasteiger charge is 2.09. The number of nitrogens with one attached hydrogen (secondary N) is 2. The van der Waals surface area contributed by atoms with Crippen molar-refractivity contribution in [2.75, 3.05) is 0 Å². The van der Waals surface area contributed by atoms with Crippen LogP contribution in [0.15, 0.2) is 61.6 Å². The van der Waals surface area contributed by atoms with Crippen molar-refractivity contribution in [3.05, 3.63) is 72.7 Å². The molecule has 1 atom stereocenters. The molecular weight excluding hydrogens is 304 g/mol. The Labute approximate surface area is 139 Å². The predicted molar refractivity (Wildman–Crippen MR) is 89.4 cm³/mol. The van der Waals surface area contributed by atoms with Crippen molar-refractivity contribution < 1.29 is 4.79 Å². The quantitative estimate of drug-likeness (QED) is 0.754. The molecule has 3 aromatic heterocycles. The van der Waals surface area contributed by atoms with Gasteiger partial charge in [0, 0.05) is 37.5 Å². The lowest BCUT2D eigenvalue weighted by molar-refractivity contribution is 0.237. The number of pyridine rings is 2. The first-order valence-electron chi connectivity index (χ1n) is 7.60. The maximum Gasteiger partial charge on any atom is 0.315 e. The molecule has 0 aliphatic heterocycles.